The van der Waals surface area contributed by atoms with Crippen LogP contribution in [0.1, 0.15) is 23.0 Å². The zero-order chi connectivity index (χ0) is 16.7. The Morgan fingerprint density at radius 1 is 1.26 bits per heavy atom. The van der Waals surface area contributed by atoms with Crippen LogP contribution in [0, 0.1) is 11.3 Å². The van der Waals surface area contributed by atoms with Crippen molar-refractivity contribution >= 4 is 17.4 Å². The highest BCUT2D eigenvalue weighted by Gasteiger charge is 2.09. The van der Waals surface area contributed by atoms with E-state index in [1.165, 1.54) is 19.4 Å². The monoisotopic (exact) mass is 309 g/mol. The molecule has 1 heterocycles. The molecule has 0 spiro atoms. The van der Waals surface area contributed by atoms with Gasteiger partial charge in [-0.25, -0.2) is 0 Å². The molecule has 2 N–H and O–H groups in total. The fourth-order valence-electron chi connectivity index (χ4n) is 1.78. The number of anilines is 1. The molecule has 6 nitrogen and oxygen atoms in total. The van der Waals surface area contributed by atoms with Gasteiger partial charge in [0.05, 0.1) is 12.8 Å². The van der Waals surface area contributed by atoms with E-state index in [4.69, 9.17) is 9.68 Å². The first kappa shape index (κ1) is 16.0. The van der Waals surface area contributed by atoms with Gasteiger partial charge in [-0.2, -0.15) is 5.26 Å². The summed E-state index contributed by atoms with van der Waals surface area (Å²) in [6.45, 7) is 1.69. The van der Waals surface area contributed by atoms with Crippen LogP contribution in [0.5, 0.6) is 0 Å². The van der Waals surface area contributed by atoms with E-state index in [2.05, 4.69) is 10.6 Å². The van der Waals surface area contributed by atoms with Crippen LogP contribution in [-0.2, 0) is 11.3 Å². The molecule has 0 unspecified atom stereocenters. The van der Waals surface area contributed by atoms with Crippen LogP contribution in [0.4, 0.5) is 5.69 Å². The summed E-state index contributed by atoms with van der Waals surface area (Å²) in [5.41, 5.74) is 1.20. The SMILES string of the molecule is CC(=O)c1ccc(N/C=C(/C#N)C(=O)NCc2ccco2)cc1. The maximum atomic E-state index is 11.9. The lowest BCUT2D eigenvalue weighted by Gasteiger charge is -2.04. The summed E-state index contributed by atoms with van der Waals surface area (Å²) in [5, 5.41) is 14.5. The second kappa shape index (κ2) is 7.61. The Balaban J connectivity index is 1.96. The lowest BCUT2D eigenvalue weighted by molar-refractivity contribution is -0.117. The molecule has 6 heteroatoms. The smallest absolute Gasteiger partial charge is 0.263 e. The number of hydrogen-bond donors (Lipinski definition) is 2. The van der Waals surface area contributed by atoms with E-state index in [-0.39, 0.29) is 17.9 Å². The van der Waals surface area contributed by atoms with Gasteiger partial charge in [0, 0.05) is 17.5 Å². The number of hydrogen-bond acceptors (Lipinski definition) is 5. The van der Waals surface area contributed by atoms with Crippen LogP contribution < -0.4 is 10.6 Å². The number of rotatable bonds is 6. The molecule has 0 saturated heterocycles. The first-order valence-electron chi connectivity index (χ1n) is 6.88. The molecule has 0 saturated carbocycles. The average Bonchev–Trinajstić information content (AvgIpc) is 3.07. The maximum Gasteiger partial charge on any atom is 0.263 e. The summed E-state index contributed by atoms with van der Waals surface area (Å²) in [5.74, 6) is 0.0716. The molecule has 1 aromatic heterocycles. The summed E-state index contributed by atoms with van der Waals surface area (Å²) in [4.78, 5) is 23.1. The summed E-state index contributed by atoms with van der Waals surface area (Å²) in [6.07, 6.45) is 2.83. The molecule has 0 aliphatic heterocycles. The van der Waals surface area contributed by atoms with E-state index >= 15 is 0 Å². The minimum atomic E-state index is -0.503. The predicted molar refractivity (Wildman–Crippen MR) is 84.3 cm³/mol. The van der Waals surface area contributed by atoms with Gasteiger partial charge in [-0.05, 0) is 43.3 Å². The van der Waals surface area contributed by atoms with Crippen molar-refractivity contribution in [3.05, 3.63) is 65.8 Å². The van der Waals surface area contributed by atoms with Crippen molar-refractivity contribution < 1.29 is 14.0 Å². The van der Waals surface area contributed by atoms with E-state index in [0.29, 0.717) is 17.0 Å². The van der Waals surface area contributed by atoms with Crippen molar-refractivity contribution in [2.75, 3.05) is 5.32 Å². The van der Waals surface area contributed by atoms with Crippen molar-refractivity contribution in [1.29, 1.82) is 5.26 Å². The summed E-state index contributed by atoms with van der Waals surface area (Å²) < 4.78 is 5.10. The lowest BCUT2D eigenvalue weighted by atomic mass is 10.1. The molecule has 0 bridgehead atoms. The van der Waals surface area contributed by atoms with Crippen molar-refractivity contribution in [3.8, 4) is 6.07 Å². The molecular formula is C17H15N3O3. The molecule has 0 aliphatic rings. The quantitative estimate of drug-likeness (QED) is 0.486. The van der Waals surface area contributed by atoms with Crippen molar-refractivity contribution in [2.24, 2.45) is 0 Å². The van der Waals surface area contributed by atoms with Crippen molar-refractivity contribution in [1.82, 2.24) is 5.32 Å². The molecule has 2 rings (SSSR count). The first-order chi connectivity index (χ1) is 11.1. The third-order valence-corrected chi connectivity index (χ3v) is 3.04. The normalized spacial score (nSPS) is 10.7. The van der Waals surface area contributed by atoms with Gasteiger partial charge in [0.15, 0.2) is 5.78 Å². The molecule has 2 aromatic rings. The lowest BCUT2D eigenvalue weighted by Crippen LogP contribution is -2.24. The van der Waals surface area contributed by atoms with Gasteiger partial charge in [0.25, 0.3) is 5.91 Å². The zero-order valence-corrected chi connectivity index (χ0v) is 12.5. The topological polar surface area (TPSA) is 95.1 Å². The minimum absolute atomic E-state index is 0.0258. The van der Waals surface area contributed by atoms with E-state index in [9.17, 15) is 9.59 Å². The summed E-state index contributed by atoms with van der Waals surface area (Å²) in [7, 11) is 0. The largest absolute Gasteiger partial charge is 0.467 e. The minimum Gasteiger partial charge on any atom is -0.467 e. The maximum absolute atomic E-state index is 11.9. The molecular weight excluding hydrogens is 294 g/mol. The number of benzene rings is 1. The van der Waals surface area contributed by atoms with Gasteiger partial charge in [-0.3, -0.25) is 9.59 Å². The predicted octanol–water partition coefficient (Wildman–Crippen LogP) is 2.62. The Morgan fingerprint density at radius 2 is 2.00 bits per heavy atom. The third-order valence-electron chi connectivity index (χ3n) is 3.04. The highest BCUT2D eigenvalue weighted by Crippen LogP contribution is 2.10. The molecule has 0 radical (unpaired) electrons. The summed E-state index contributed by atoms with van der Waals surface area (Å²) >= 11 is 0. The molecule has 116 valence electrons. The number of amides is 1. The molecule has 0 aliphatic carbocycles. The number of Topliss-reactive ketones (excluding diaryl/α,β-unsaturated/α-hetero) is 1. The van der Waals surface area contributed by atoms with Gasteiger partial charge in [-0.1, -0.05) is 0 Å². The van der Waals surface area contributed by atoms with Crippen LogP contribution in [-0.4, -0.2) is 11.7 Å². The number of carbonyl (C=O) groups excluding carboxylic acids is 2. The van der Waals surface area contributed by atoms with Gasteiger partial charge in [0.2, 0.25) is 0 Å². The highest BCUT2D eigenvalue weighted by atomic mass is 16.3. The fourth-order valence-corrected chi connectivity index (χ4v) is 1.78. The third kappa shape index (κ3) is 4.58. The fraction of sp³-hybridized carbons (Fsp3) is 0.118. The van der Waals surface area contributed by atoms with Crippen LogP contribution >= 0.6 is 0 Å². The Labute approximate surface area is 133 Å². The molecule has 0 atom stereocenters. The highest BCUT2D eigenvalue weighted by molar-refractivity contribution is 5.97. The van der Waals surface area contributed by atoms with E-state index in [1.54, 1.807) is 36.4 Å². The Bertz CT molecular complexity index is 753. The summed E-state index contributed by atoms with van der Waals surface area (Å²) in [6, 6.07) is 12.0. The molecule has 23 heavy (non-hydrogen) atoms. The van der Waals surface area contributed by atoms with E-state index in [1.807, 2.05) is 6.07 Å². The Hall–Kier alpha value is -3.33. The first-order valence-corrected chi connectivity index (χ1v) is 6.88. The molecule has 1 amide bonds. The number of ketones is 1. The zero-order valence-electron chi connectivity index (χ0n) is 12.5. The van der Waals surface area contributed by atoms with Crippen LogP contribution in [0.25, 0.3) is 0 Å². The van der Waals surface area contributed by atoms with Gasteiger partial charge in [-0.15, -0.1) is 0 Å². The second-order valence-corrected chi connectivity index (χ2v) is 4.71. The van der Waals surface area contributed by atoms with Crippen LogP contribution in [0.15, 0.2) is 58.9 Å². The van der Waals surface area contributed by atoms with Gasteiger partial charge in [0.1, 0.15) is 17.4 Å². The average molecular weight is 309 g/mol. The van der Waals surface area contributed by atoms with Crippen molar-refractivity contribution in [2.45, 2.75) is 13.5 Å². The van der Waals surface area contributed by atoms with Crippen molar-refractivity contribution in [3.63, 3.8) is 0 Å². The van der Waals surface area contributed by atoms with Gasteiger partial charge >= 0.3 is 0 Å². The van der Waals surface area contributed by atoms with E-state index < -0.39 is 5.91 Å². The molecule has 0 fully saturated rings. The van der Waals surface area contributed by atoms with Crippen LogP contribution in [0.3, 0.4) is 0 Å². The molecule has 1 aromatic carbocycles. The second-order valence-electron chi connectivity index (χ2n) is 4.71. The number of nitrogens with zero attached hydrogens (tertiary/aromatic N) is 1. The van der Waals surface area contributed by atoms with E-state index in [0.717, 1.165) is 0 Å². The van der Waals surface area contributed by atoms with Crippen LogP contribution in [0.2, 0.25) is 0 Å². The standard InChI is InChI=1S/C17H15N3O3/c1-12(21)13-4-6-15(7-5-13)19-10-14(9-18)17(22)20-11-16-3-2-8-23-16/h2-8,10,19H,11H2,1H3,(H,20,22)/b14-10-. The van der Waals surface area contributed by atoms with Gasteiger partial charge < -0.3 is 15.1 Å². The number of carbonyl (C=O) groups is 2. The number of nitriles is 1. The number of furan rings is 1. The number of nitrogens with one attached hydrogen (secondary N) is 2. The Morgan fingerprint density at radius 3 is 2.57 bits per heavy atom. The Kier molecular flexibility index (Phi) is 5.31.